The highest BCUT2D eigenvalue weighted by atomic mass is 19.3. The summed E-state index contributed by atoms with van der Waals surface area (Å²) in [6, 6.07) is 9.09. The minimum atomic E-state index is -2.56. The van der Waals surface area contributed by atoms with Crippen molar-refractivity contribution in [1.29, 1.82) is 0 Å². The Morgan fingerprint density at radius 2 is 1.93 bits per heavy atom. The highest BCUT2D eigenvalue weighted by Crippen LogP contribution is 2.33. The maximum atomic E-state index is 13.3. The second-order valence-electron chi connectivity index (χ2n) is 7.06. The molecule has 1 aliphatic carbocycles. The molecule has 1 fully saturated rings. The molecular formula is C21H19F3N4O. The number of hydrogen-bond acceptors (Lipinski definition) is 3. The summed E-state index contributed by atoms with van der Waals surface area (Å²) in [5.41, 5.74) is 2.32. The number of anilines is 1. The van der Waals surface area contributed by atoms with E-state index < -0.39 is 18.8 Å². The lowest BCUT2D eigenvalue weighted by molar-refractivity contribution is -0.122. The maximum absolute atomic E-state index is 13.3. The average molecular weight is 400 g/mol. The van der Waals surface area contributed by atoms with Crippen LogP contribution >= 0.6 is 0 Å². The molecule has 0 bridgehead atoms. The number of amides is 1. The van der Waals surface area contributed by atoms with Crippen molar-refractivity contribution >= 4 is 11.7 Å². The van der Waals surface area contributed by atoms with Crippen molar-refractivity contribution in [2.24, 2.45) is 5.92 Å². The molecular weight excluding hydrogens is 381 g/mol. The van der Waals surface area contributed by atoms with Crippen molar-refractivity contribution in [3.8, 4) is 22.4 Å². The van der Waals surface area contributed by atoms with E-state index in [1.807, 2.05) is 0 Å². The fourth-order valence-electron chi connectivity index (χ4n) is 3.25. The largest absolute Gasteiger partial charge is 0.310 e. The van der Waals surface area contributed by atoms with E-state index in [-0.39, 0.29) is 11.8 Å². The topological polar surface area (TPSA) is 59.8 Å². The van der Waals surface area contributed by atoms with Gasteiger partial charge in [-0.1, -0.05) is 6.42 Å². The summed E-state index contributed by atoms with van der Waals surface area (Å²) in [5, 5.41) is 7.09. The van der Waals surface area contributed by atoms with Gasteiger partial charge in [-0.15, -0.1) is 0 Å². The molecule has 1 aliphatic rings. The number of rotatable bonds is 6. The molecule has 29 heavy (non-hydrogen) atoms. The van der Waals surface area contributed by atoms with Crippen LogP contribution in [0.4, 0.5) is 19.0 Å². The number of nitrogens with one attached hydrogen (secondary N) is 1. The van der Waals surface area contributed by atoms with Gasteiger partial charge >= 0.3 is 0 Å². The highest BCUT2D eigenvalue weighted by Gasteiger charge is 2.25. The third kappa shape index (κ3) is 4.31. The molecule has 0 atom stereocenters. The van der Waals surface area contributed by atoms with Crippen LogP contribution in [0.5, 0.6) is 0 Å². The number of benzene rings is 1. The zero-order valence-corrected chi connectivity index (χ0v) is 15.5. The standard InChI is InChI=1S/C21H19F3N4O/c22-16-6-4-13(5-7-16)20-17(11-28(27-20)12-18(23)24)15-8-9-25-19(10-15)26-21(29)14-2-1-3-14/h4-11,14,18H,1-3,12H2,(H,25,26,29). The van der Waals surface area contributed by atoms with Gasteiger partial charge < -0.3 is 5.32 Å². The fourth-order valence-corrected chi connectivity index (χ4v) is 3.25. The number of carbonyl (C=O) groups excluding carboxylic acids is 1. The van der Waals surface area contributed by atoms with Gasteiger partial charge in [-0.3, -0.25) is 9.48 Å². The Morgan fingerprint density at radius 1 is 1.17 bits per heavy atom. The van der Waals surface area contributed by atoms with Crippen LogP contribution in [-0.4, -0.2) is 27.1 Å². The number of alkyl halides is 2. The van der Waals surface area contributed by atoms with E-state index in [1.54, 1.807) is 30.5 Å². The molecule has 2 aromatic heterocycles. The minimum absolute atomic E-state index is 0.0176. The Morgan fingerprint density at radius 3 is 2.59 bits per heavy atom. The smallest absolute Gasteiger partial charge is 0.257 e. The average Bonchev–Trinajstić information content (AvgIpc) is 3.04. The SMILES string of the molecule is O=C(Nc1cc(-c2cn(CC(F)F)nc2-c2ccc(F)cc2)ccn1)C1CCC1. The summed E-state index contributed by atoms with van der Waals surface area (Å²) in [7, 11) is 0. The molecule has 0 unspecified atom stereocenters. The molecule has 1 saturated carbocycles. The first-order valence-electron chi connectivity index (χ1n) is 9.38. The van der Waals surface area contributed by atoms with Crippen molar-refractivity contribution in [3.63, 3.8) is 0 Å². The molecule has 1 amide bonds. The van der Waals surface area contributed by atoms with Crippen LogP contribution in [0.3, 0.4) is 0 Å². The van der Waals surface area contributed by atoms with E-state index >= 15 is 0 Å². The molecule has 150 valence electrons. The van der Waals surface area contributed by atoms with Crippen LogP contribution in [0.15, 0.2) is 48.8 Å². The minimum Gasteiger partial charge on any atom is -0.310 e. The first kappa shape index (κ1) is 19.2. The van der Waals surface area contributed by atoms with Gasteiger partial charge in [-0.2, -0.15) is 5.10 Å². The number of hydrogen-bond donors (Lipinski definition) is 1. The van der Waals surface area contributed by atoms with Crippen molar-refractivity contribution in [1.82, 2.24) is 14.8 Å². The quantitative estimate of drug-likeness (QED) is 0.649. The second kappa shape index (κ2) is 8.06. The summed E-state index contributed by atoms with van der Waals surface area (Å²) in [6.07, 6.45) is 3.32. The second-order valence-corrected chi connectivity index (χ2v) is 7.06. The first-order valence-corrected chi connectivity index (χ1v) is 9.38. The highest BCUT2D eigenvalue weighted by molar-refractivity contribution is 5.93. The predicted molar refractivity (Wildman–Crippen MR) is 103 cm³/mol. The van der Waals surface area contributed by atoms with Gasteiger partial charge in [0.15, 0.2) is 0 Å². The van der Waals surface area contributed by atoms with Crippen LogP contribution < -0.4 is 5.32 Å². The summed E-state index contributed by atoms with van der Waals surface area (Å²) in [6.45, 7) is -0.551. The number of pyridine rings is 1. The lowest BCUT2D eigenvalue weighted by atomic mass is 9.85. The number of carbonyl (C=O) groups is 1. The van der Waals surface area contributed by atoms with Crippen LogP contribution in [0.25, 0.3) is 22.4 Å². The van der Waals surface area contributed by atoms with Crippen molar-refractivity contribution in [2.45, 2.75) is 32.2 Å². The molecule has 1 aromatic carbocycles. The monoisotopic (exact) mass is 400 g/mol. The van der Waals surface area contributed by atoms with Gasteiger partial charge in [0, 0.05) is 29.4 Å². The normalized spacial score (nSPS) is 14.1. The van der Waals surface area contributed by atoms with Crippen molar-refractivity contribution in [2.75, 3.05) is 5.32 Å². The molecule has 0 spiro atoms. The lowest BCUT2D eigenvalue weighted by Gasteiger charge is -2.23. The summed E-state index contributed by atoms with van der Waals surface area (Å²) >= 11 is 0. The first-order chi connectivity index (χ1) is 14.0. The molecule has 4 rings (SSSR count). The number of nitrogens with zero attached hydrogens (tertiary/aromatic N) is 3. The Bertz CT molecular complexity index is 1010. The van der Waals surface area contributed by atoms with E-state index in [0.717, 1.165) is 19.3 Å². The molecule has 0 aliphatic heterocycles. The zero-order valence-electron chi connectivity index (χ0n) is 15.5. The van der Waals surface area contributed by atoms with E-state index in [9.17, 15) is 18.0 Å². The van der Waals surface area contributed by atoms with Gasteiger partial charge in [0.25, 0.3) is 6.43 Å². The van der Waals surface area contributed by atoms with Crippen molar-refractivity contribution < 1.29 is 18.0 Å². The number of halogens is 3. The fraction of sp³-hybridized carbons (Fsp3) is 0.286. The van der Waals surface area contributed by atoms with Gasteiger partial charge in [-0.25, -0.2) is 18.2 Å². The Hall–Kier alpha value is -3.16. The third-order valence-corrected chi connectivity index (χ3v) is 5.00. The summed E-state index contributed by atoms with van der Waals surface area (Å²) < 4.78 is 40.2. The van der Waals surface area contributed by atoms with E-state index in [4.69, 9.17) is 0 Å². The Balaban J connectivity index is 1.69. The van der Waals surface area contributed by atoms with Crippen LogP contribution in [0.2, 0.25) is 0 Å². The van der Waals surface area contributed by atoms with Gasteiger partial charge in [-0.05, 0) is 54.8 Å². The molecule has 2 heterocycles. The molecule has 0 saturated heterocycles. The molecule has 3 aromatic rings. The molecule has 8 heteroatoms. The van der Waals surface area contributed by atoms with E-state index in [1.165, 1.54) is 23.0 Å². The predicted octanol–water partition coefficient (Wildman–Crippen LogP) is 4.75. The van der Waals surface area contributed by atoms with Gasteiger partial charge in [0.1, 0.15) is 23.9 Å². The maximum Gasteiger partial charge on any atom is 0.257 e. The summed E-state index contributed by atoms with van der Waals surface area (Å²) in [4.78, 5) is 16.4. The Labute approximate surface area is 165 Å². The van der Waals surface area contributed by atoms with Gasteiger partial charge in [0.05, 0.1) is 0 Å². The van der Waals surface area contributed by atoms with E-state index in [0.29, 0.717) is 28.2 Å². The molecule has 0 radical (unpaired) electrons. The molecule has 1 N–H and O–H groups in total. The number of aromatic nitrogens is 3. The zero-order chi connectivity index (χ0) is 20.4. The van der Waals surface area contributed by atoms with Crippen molar-refractivity contribution in [3.05, 3.63) is 54.6 Å². The third-order valence-electron chi connectivity index (χ3n) is 5.00. The van der Waals surface area contributed by atoms with Crippen LogP contribution in [-0.2, 0) is 11.3 Å². The van der Waals surface area contributed by atoms with Crippen LogP contribution in [0, 0.1) is 11.7 Å². The Kier molecular flexibility index (Phi) is 5.33. The summed E-state index contributed by atoms with van der Waals surface area (Å²) in [5.74, 6) is -0.0460. The van der Waals surface area contributed by atoms with Crippen LogP contribution in [0.1, 0.15) is 19.3 Å². The lowest BCUT2D eigenvalue weighted by Crippen LogP contribution is -2.28. The van der Waals surface area contributed by atoms with Gasteiger partial charge in [0.2, 0.25) is 5.91 Å². The van der Waals surface area contributed by atoms with E-state index in [2.05, 4.69) is 15.4 Å². The molecule has 5 nitrogen and oxygen atoms in total.